The summed E-state index contributed by atoms with van der Waals surface area (Å²) in [5.74, 6) is 0. The average Bonchev–Trinajstić information content (AvgIpc) is 2.34. The lowest BCUT2D eigenvalue weighted by molar-refractivity contribution is 0.0208. The Bertz CT molecular complexity index is 152. The molecule has 2 N–H and O–H groups in total. The molecule has 1 heterocycles. The van der Waals surface area contributed by atoms with Crippen LogP contribution in [0, 0.1) is 0 Å². The summed E-state index contributed by atoms with van der Waals surface area (Å²) in [6.07, 6.45) is 0.813. The van der Waals surface area contributed by atoms with Crippen LogP contribution in [0.1, 0.15) is 6.42 Å². The Morgan fingerprint density at radius 3 is 2.75 bits per heavy atom. The first-order valence-electron chi connectivity index (χ1n) is 6.13. The van der Waals surface area contributed by atoms with E-state index in [0.29, 0.717) is 0 Å². The third-order valence-electron chi connectivity index (χ3n) is 2.59. The van der Waals surface area contributed by atoms with E-state index in [2.05, 4.69) is 10.2 Å². The van der Waals surface area contributed by atoms with Crippen LogP contribution in [0.5, 0.6) is 0 Å². The van der Waals surface area contributed by atoms with Crippen LogP contribution in [0.15, 0.2) is 0 Å². The van der Waals surface area contributed by atoms with Crippen molar-refractivity contribution in [3.63, 3.8) is 0 Å². The topological polar surface area (TPSA) is 54.0 Å². The van der Waals surface area contributed by atoms with E-state index in [-0.39, 0.29) is 6.61 Å². The molecule has 5 nitrogen and oxygen atoms in total. The van der Waals surface area contributed by atoms with Gasteiger partial charge in [0.05, 0.1) is 26.4 Å². The van der Waals surface area contributed by atoms with Gasteiger partial charge in [0.15, 0.2) is 0 Å². The summed E-state index contributed by atoms with van der Waals surface area (Å²) in [5.41, 5.74) is 0. The molecule has 1 aliphatic heterocycles. The van der Waals surface area contributed by atoms with Gasteiger partial charge in [-0.05, 0) is 13.0 Å². The molecule has 0 bridgehead atoms. The van der Waals surface area contributed by atoms with E-state index in [9.17, 15) is 0 Å². The van der Waals surface area contributed by atoms with Crippen LogP contribution in [0.3, 0.4) is 0 Å². The third-order valence-corrected chi connectivity index (χ3v) is 2.59. The van der Waals surface area contributed by atoms with Crippen LogP contribution in [0.2, 0.25) is 0 Å². The van der Waals surface area contributed by atoms with Crippen LogP contribution in [-0.4, -0.2) is 75.8 Å². The zero-order valence-corrected chi connectivity index (χ0v) is 9.99. The van der Waals surface area contributed by atoms with Gasteiger partial charge in [0, 0.05) is 32.8 Å². The molecule has 0 atom stereocenters. The van der Waals surface area contributed by atoms with Gasteiger partial charge in [0.25, 0.3) is 0 Å². The van der Waals surface area contributed by atoms with Crippen molar-refractivity contribution in [1.29, 1.82) is 0 Å². The lowest BCUT2D eigenvalue weighted by Crippen LogP contribution is -2.38. The number of hydrogen-bond acceptors (Lipinski definition) is 5. The van der Waals surface area contributed by atoms with Gasteiger partial charge in [-0.25, -0.2) is 0 Å². The molecule has 0 spiro atoms. The Morgan fingerprint density at radius 1 is 1.19 bits per heavy atom. The molecule has 1 aliphatic rings. The lowest BCUT2D eigenvalue weighted by Gasteiger charge is -2.26. The summed E-state index contributed by atoms with van der Waals surface area (Å²) in [4.78, 5) is 2.36. The smallest absolute Gasteiger partial charge is 0.0594 e. The molecule has 96 valence electrons. The van der Waals surface area contributed by atoms with Crippen LogP contribution < -0.4 is 5.32 Å². The molecule has 1 rings (SSSR count). The molecule has 0 amide bonds. The highest BCUT2D eigenvalue weighted by atomic mass is 16.5. The second-order valence-corrected chi connectivity index (χ2v) is 3.89. The summed E-state index contributed by atoms with van der Waals surface area (Å²) < 4.78 is 10.8. The molecule has 0 saturated carbocycles. The fraction of sp³-hybridized carbons (Fsp3) is 1.00. The van der Waals surface area contributed by atoms with Gasteiger partial charge in [-0.2, -0.15) is 0 Å². The van der Waals surface area contributed by atoms with Crippen molar-refractivity contribution in [2.45, 2.75) is 6.42 Å². The molecule has 0 aliphatic carbocycles. The van der Waals surface area contributed by atoms with Crippen molar-refractivity contribution >= 4 is 0 Å². The van der Waals surface area contributed by atoms with Gasteiger partial charge in [0.2, 0.25) is 0 Å². The van der Waals surface area contributed by atoms with Gasteiger partial charge in [-0.3, -0.25) is 4.90 Å². The molecule has 0 aromatic heterocycles. The predicted octanol–water partition coefficient (Wildman–Crippen LogP) is -0.693. The Kier molecular flexibility index (Phi) is 8.65. The Balaban J connectivity index is 1.77. The van der Waals surface area contributed by atoms with E-state index in [4.69, 9.17) is 14.6 Å². The van der Waals surface area contributed by atoms with Crippen molar-refractivity contribution in [2.75, 3.05) is 65.8 Å². The van der Waals surface area contributed by atoms with Crippen molar-refractivity contribution in [3.8, 4) is 0 Å². The molecule has 1 fully saturated rings. The second kappa shape index (κ2) is 9.99. The minimum atomic E-state index is 0.255. The maximum atomic E-state index is 8.56. The van der Waals surface area contributed by atoms with E-state index < -0.39 is 0 Å². The largest absolute Gasteiger partial charge is 0.396 e. The van der Waals surface area contributed by atoms with E-state index >= 15 is 0 Å². The van der Waals surface area contributed by atoms with Gasteiger partial charge >= 0.3 is 0 Å². The van der Waals surface area contributed by atoms with E-state index in [1.54, 1.807) is 0 Å². The average molecular weight is 232 g/mol. The van der Waals surface area contributed by atoms with Crippen molar-refractivity contribution in [2.24, 2.45) is 0 Å². The summed E-state index contributed by atoms with van der Waals surface area (Å²) in [6.45, 7) is 8.27. The molecule has 0 aromatic carbocycles. The first-order chi connectivity index (χ1) is 7.93. The highest BCUT2D eigenvalue weighted by molar-refractivity contribution is 4.60. The highest BCUT2D eigenvalue weighted by Gasteiger charge is 2.08. The molecule has 5 heteroatoms. The molecule has 1 saturated heterocycles. The maximum absolute atomic E-state index is 8.56. The van der Waals surface area contributed by atoms with Gasteiger partial charge in [-0.15, -0.1) is 0 Å². The molecular formula is C11H24N2O3. The predicted molar refractivity (Wildman–Crippen MR) is 62.7 cm³/mol. The number of aliphatic hydroxyl groups is 1. The monoisotopic (exact) mass is 232 g/mol. The number of hydrogen-bond donors (Lipinski definition) is 2. The van der Waals surface area contributed by atoms with Crippen LogP contribution in [0.4, 0.5) is 0 Å². The highest BCUT2D eigenvalue weighted by Crippen LogP contribution is 1.95. The van der Waals surface area contributed by atoms with Gasteiger partial charge in [-0.1, -0.05) is 0 Å². The van der Waals surface area contributed by atoms with Crippen molar-refractivity contribution < 1.29 is 14.6 Å². The summed E-state index contributed by atoms with van der Waals surface area (Å²) in [5, 5.41) is 11.8. The second-order valence-electron chi connectivity index (χ2n) is 3.89. The van der Waals surface area contributed by atoms with E-state index in [0.717, 1.165) is 65.6 Å². The quantitative estimate of drug-likeness (QED) is 0.515. The van der Waals surface area contributed by atoms with Crippen LogP contribution in [0.25, 0.3) is 0 Å². The van der Waals surface area contributed by atoms with E-state index in [1.807, 2.05) is 0 Å². The van der Waals surface area contributed by atoms with Crippen molar-refractivity contribution in [3.05, 3.63) is 0 Å². The molecule has 0 radical (unpaired) electrons. The summed E-state index contributed by atoms with van der Waals surface area (Å²) >= 11 is 0. The summed E-state index contributed by atoms with van der Waals surface area (Å²) in [7, 11) is 0. The number of nitrogens with one attached hydrogen (secondary N) is 1. The Hall–Kier alpha value is -0.200. The SMILES string of the molecule is OCCCNCCOCCN1CCOCC1. The number of ether oxygens (including phenoxy) is 2. The normalized spacial score (nSPS) is 17.8. The lowest BCUT2D eigenvalue weighted by atomic mass is 10.4. The fourth-order valence-corrected chi connectivity index (χ4v) is 1.59. The van der Waals surface area contributed by atoms with Gasteiger partial charge < -0.3 is 19.9 Å². The molecule has 16 heavy (non-hydrogen) atoms. The maximum Gasteiger partial charge on any atom is 0.0594 e. The van der Waals surface area contributed by atoms with Crippen molar-refractivity contribution in [1.82, 2.24) is 10.2 Å². The summed E-state index contributed by atoms with van der Waals surface area (Å²) in [6, 6.07) is 0. The zero-order chi connectivity index (χ0) is 11.5. The Morgan fingerprint density at radius 2 is 2.00 bits per heavy atom. The Labute approximate surface area is 97.7 Å². The van der Waals surface area contributed by atoms with Crippen LogP contribution >= 0.6 is 0 Å². The zero-order valence-electron chi connectivity index (χ0n) is 9.99. The molecule has 0 aromatic rings. The minimum Gasteiger partial charge on any atom is -0.396 e. The number of morpholine rings is 1. The first-order valence-corrected chi connectivity index (χ1v) is 6.13. The number of nitrogens with zero attached hydrogens (tertiary/aromatic N) is 1. The first kappa shape index (κ1) is 13.9. The number of aliphatic hydroxyl groups excluding tert-OH is 1. The van der Waals surface area contributed by atoms with E-state index in [1.165, 1.54) is 0 Å². The number of rotatable bonds is 9. The fourth-order valence-electron chi connectivity index (χ4n) is 1.59. The molecule has 0 unspecified atom stereocenters. The molecular weight excluding hydrogens is 208 g/mol. The minimum absolute atomic E-state index is 0.255. The third kappa shape index (κ3) is 7.14. The standard InChI is InChI=1S/C11H24N2O3/c14-7-1-2-12-3-8-15-9-4-13-5-10-16-11-6-13/h12,14H,1-11H2. The van der Waals surface area contributed by atoms with Crippen LogP contribution in [-0.2, 0) is 9.47 Å². The van der Waals surface area contributed by atoms with Gasteiger partial charge in [0.1, 0.15) is 0 Å².